The van der Waals surface area contributed by atoms with Crippen LogP contribution in [0.4, 0.5) is 0 Å². The summed E-state index contributed by atoms with van der Waals surface area (Å²) in [5.74, 6) is 0.837. The number of fused-ring (bicyclic) bond motifs is 1. The highest BCUT2D eigenvalue weighted by Crippen LogP contribution is 2.21. The zero-order valence-electron chi connectivity index (χ0n) is 10.7. The summed E-state index contributed by atoms with van der Waals surface area (Å²) in [7, 11) is -1.41. The molecule has 0 spiro atoms. The Labute approximate surface area is 121 Å². The normalized spacial score (nSPS) is 10.7. The predicted molar refractivity (Wildman–Crippen MR) is 82.4 cm³/mol. The standard InChI is InChI=1S/C15H13BO3S/c17-16(18)15-9-12-8-11(6-7-14(12)20-15)10-19-13-4-2-1-3-5-13/h1-9,17-18H,10H2. The van der Waals surface area contributed by atoms with Crippen molar-refractivity contribution in [3.05, 3.63) is 60.2 Å². The minimum Gasteiger partial charge on any atom is -0.489 e. The maximum absolute atomic E-state index is 9.19. The van der Waals surface area contributed by atoms with Crippen molar-refractivity contribution in [3.8, 4) is 5.75 Å². The van der Waals surface area contributed by atoms with Crippen molar-refractivity contribution in [2.75, 3.05) is 0 Å². The van der Waals surface area contributed by atoms with Gasteiger partial charge >= 0.3 is 7.12 Å². The topological polar surface area (TPSA) is 49.7 Å². The number of para-hydroxylation sites is 1. The third-order valence-electron chi connectivity index (χ3n) is 3.00. The van der Waals surface area contributed by atoms with Crippen LogP contribution in [0.1, 0.15) is 5.56 Å². The molecule has 0 unspecified atom stereocenters. The van der Waals surface area contributed by atoms with Gasteiger partial charge in [-0.2, -0.15) is 0 Å². The minimum atomic E-state index is -1.41. The third-order valence-corrected chi connectivity index (χ3v) is 4.16. The van der Waals surface area contributed by atoms with Gasteiger partial charge in [0.1, 0.15) is 12.4 Å². The minimum absolute atomic E-state index is 0.493. The Kier molecular flexibility index (Phi) is 3.73. The van der Waals surface area contributed by atoms with E-state index in [0.717, 1.165) is 21.4 Å². The molecule has 0 bridgehead atoms. The molecule has 0 atom stereocenters. The molecule has 0 aliphatic heterocycles. The number of benzene rings is 2. The number of ether oxygens (including phenoxy) is 1. The van der Waals surface area contributed by atoms with Gasteiger partial charge in [-0.25, -0.2) is 0 Å². The summed E-state index contributed by atoms with van der Waals surface area (Å²) in [5.41, 5.74) is 1.05. The van der Waals surface area contributed by atoms with Crippen LogP contribution in [0.25, 0.3) is 10.1 Å². The van der Waals surface area contributed by atoms with Gasteiger partial charge in [0, 0.05) is 9.48 Å². The Bertz CT molecular complexity index is 709. The van der Waals surface area contributed by atoms with Gasteiger partial charge in [0.15, 0.2) is 0 Å². The summed E-state index contributed by atoms with van der Waals surface area (Å²) in [4.78, 5) is 0. The highest BCUT2D eigenvalue weighted by Gasteiger charge is 2.14. The van der Waals surface area contributed by atoms with Crippen molar-refractivity contribution in [2.24, 2.45) is 0 Å². The van der Waals surface area contributed by atoms with Crippen molar-refractivity contribution < 1.29 is 14.8 Å². The molecule has 1 heterocycles. The average molecular weight is 284 g/mol. The van der Waals surface area contributed by atoms with Crippen molar-refractivity contribution in [3.63, 3.8) is 0 Å². The van der Waals surface area contributed by atoms with Crippen molar-refractivity contribution >= 4 is 33.3 Å². The molecule has 0 aliphatic carbocycles. The largest absolute Gasteiger partial charge is 0.499 e. The van der Waals surface area contributed by atoms with E-state index in [1.807, 2.05) is 48.5 Å². The van der Waals surface area contributed by atoms with Crippen molar-refractivity contribution in [1.29, 1.82) is 0 Å². The lowest BCUT2D eigenvalue weighted by Crippen LogP contribution is -2.26. The van der Waals surface area contributed by atoms with Crippen LogP contribution in [0.5, 0.6) is 5.75 Å². The first-order chi connectivity index (χ1) is 9.72. The maximum Gasteiger partial charge on any atom is 0.499 e. The van der Waals surface area contributed by atoms with Gasteiger partial charge in [-0.15, -0.1) is 11.3 Å². The van der Waals surface area contributed by atoms with E-state index in [2.05, 4.69) is 0 Å². The van der Waals surface area contributed by atoms with Crippen LogP contribution in [0.2, 0.25) is 0 Å². The Morgan fingerprint density at radius 3 is 2.55 bits per heavy atom. The van der Waals surface area contributed by atoms with E-state index in [4.69, 9.17) is 4.74 Å². The molecule has 0 saturated heterocycles. The molecular weight excluding hydrogens is 271 g/mol. The molecule has 3 nitrogen and oxygen atoms in total. The molecule has 0 fully saturated rings. The molecule has 0 aliphatic rings. The highest BCUT2D eigenvalue weighted by molar-refractivity contribution is 7.27. The quantitative estimate of drug-likeness (QED) is 0.722. The number of hydrogen-bond donors (Lipinski definition) is 2. The number of thiophene rings is 1. The SMILES string of the molecule is OB(O)c1cc2cc(COc3ccccc3)ccc2s1. The van der Waals surface area contributed by atoms with Crippen LogP contribution in [-0.4, -0.2) is 17.2 Å². The first-order valence-corrected chi connectivity index (χ1v) is 7.10. The van der Waals surface area contributed by atoms with Crippen molar-refractivity contribution in [1.82, 2.24) is 0 Å². The highest BCUT2D eigenvalue weighted by atomic mass is 32.1. The molecule has 0 amide bonds. The summed E-state index contributed by atoms with van der Waals surface area (Å²) in [6.07, 6.45) is 0. The second kappa shape index (κ2) is 5.67. The number of hydrogen-bond acceptors (Lipinski definition) is 4. The fourth-order valence-corrected chi connectivity index (χ4v) is 2.93. The summed E-state index contributed by atoms with van der Waals surface area (Å²) in [6.45, 7) is 0.493. The van der Waals surface area contributed by atoms with Gasteiger partial charge < -0.3 is 14.8 Å². The molecule has 2 aromatic carbocycles. The van der Waals surface area contributed by atoms with Gasteiger partial charge in [-0.1, -0.05) is 24.3 Å². The molecule has 100 valence electrons. The lowest BCUT2D eigenvalue weighted by Gasteiger charge is -2.05. The third kappa shape index (κ3) is 2.85. The zero-order valence-corrected chi connectivity index (χ0v) is 11.5. The van der Waals surface area contributed by atoms with Gasteiger partial charge in [0.25, 0.3) is 0 Å². The zero-order chi connectivity index (χ0) is 13.9. The van der Waals surface area contributed by atoms with Crippen LogP contribution >= 0.6 is 11.3 Å². The van der Waals surface area contributed by atoms with Crippen LogP contribution in [0, 0.1) is 0 Å². The Hall–Kier alpha value is -1.82. The molecule has 3 aromatic rings. The lowest BCUT2D eigenvalue weighted by atomic mass is 9.89. The second-order valence-corrected chi connectivity index (χ2v) is 5.61. The maximum atomic E-state index is 9.19. The molecular formula is C15H13BO3S. The van der Waals surface area contributed by atoms with E-state index in [-0.39, 0.29) is 0 Å². The Balaban J connectivity index is 1.78. The van der Waals surface area contributed by atoms with Gasteiger partial charge in [-0.3, -0.25) is 0 Å². The molecule has 0 saturated carbocycles. The van der Waals surface area contributed by atoms with E-state index in [9.17, 15) is 10.0 Å². The van der Waals surface area contributed by atoms with Gasteiger partial charge in [-0.05, 0) is 41.3 Å². The first kappa shape index (κ1) is 13.2. The smallest absolute Gasteiger partial charge is 0.489 e. The fourth-order valence-electron chi connectivity index (χ4n) is 2.01. The average Bonchev–Trinajstić information content (AvgIpc) is 2.89. The van der Waals surface area contributed by atoms with Crippen LogP contribution in [-0.2, 0) is 6.61 Å². The fraction of sp³-hybridized carbons (Fsp3) is 0.0667. The van der Waals surface area contributed by atoms with E-state index < -0.39 is 7.12 Å². The van der Waals surface area contributed by atoms with Crippen LogP contribution < -0.4 is 9.51 Å². The summed E-state index contributed by atoms with van der Waals surface area (Å²) >= 11 is 1.39. The van der Waals surface area contributed by atoms with E-state index >= 15 is 0 Å². The molecule has 3 rings (SSSR count). The molecule has 1 aromatic heterocycles. The van der Waals surface area contributed by atoms with Gasteiger partial charge in [0.2, 0.25) is 0 Å². The number of rotatable bonds is 4. The van der Waals surface area contributed by atoms with Crippen LogP contribution in [0.15, 0.2) is 54.6 Å². The second-order valence-electron chi connectivity index (χ2n) is 4.50. The summed E-state index contributed by atoms with van der Waals surface area (Å²) in [6, 6.07) is 17.5. The molecule has 20 heavy (non-hydrogen) atoms. The molecule has 2 N–H and O–H groups in total. The summed E-state index contributed by atoms with van der Waals surface area (Å²) < 4.78 is 7.29. The van der Waals surface area contributed by atoms with E-state index in [1.54, 1.807) is 6.07 Å². The van der Waals surface area contributed by atoms with E-state index in [0.29, 0.717) is 11.4 Å². The molecule has 0 radical (unpaired) electrons. The Morgan fingerprint density at radius 1 is 1.00 bits per heavy atom. The predicted octanol–water partition coefficient (Wildman–Crippen LogP) is 2.16. The van der Waals surface area contributed by atoms with Crippen molar-refractivity contribution in [2.45, 2.75) is 6.61 Å². The van der Waals surface area contributed by atoms with Crippen LogP contribution in [0.3, 0.4) is 0 Å². The summed E-state index contributed by atoms with van der Waals surface area (Å²) in [5, 5.41) is 19.4. The van der Waals surface area contributed by atoms with Gasteiger partial charge in [0.05, 0.1) is 0 Å². The molecule has 5 heteroatoms. The van der Waals surface area contributed by atoms with E-state index in [1.165, 1.54) is 11.3 Å². The monoisotopic (exact) mass is 284 g/mol. The Morgan fingerprint density at radius 2 is 1.80 bits per heavy atom. The first-order valence-electron chi connectivity index (χ1n) is 6.29. The lowest BCUT2D eigenvalue weighted by molar-refractivity contribution is 0.306.